The van der Waals surface area contributed by atoms with E-state index >= 15 is 0 Å². The molecule has 1 unspecified atom stereocenters. The number of aryl methyl sites for hydroxylation is 1. The van der Waals surface area contributed by atoms with Gasteiger partial charge in [-0.3, -0.25) is 0 Å². The predicted molar refractivity (Wildman–Crippen MR) is 70.6 cm³/mol. The minimum absolute atomic E-state index is 0.0769. The van der Waals surface area contributed by atoms with Gasteiger partial charge in [-0.05, 0) is 46.8 Å². The number of pyridine rings is 1. The molecule has 0 saturated carbocycles. The van der Waals surface area contributed by atoms with Gasteiger partial charge in [0.1, 0.15) is 5.82 Å². The van der Waals surface area contributed by atoms with E-state index in [9.17, 15) is 5.11 Å². The normalized spacial score (nSPS) is 12.9. The molecule has 90 valence electrons. The molecule has 4 heteroatoms. The summed E-state index contributed by atoms with van der Waals surface area (Å²) in [4.78, 5) is 4.27. The standard InChI is InChI=1S/C12H19BrN2O/c1-8(2)4-10(7-16)15-12-5-9(3)11(13)6-14-12/h5-6,8,10,16H,4,7H2,1-3H3,(H,14,15). The summed E-state index contributed by atoms with van der Waals surface area (Å²) in [5, 5.41) is 12.5. The third-order valence-corrected chi connectivity index (χ3v) is 3.21. The molecule has 0 aromatic carbocycles. The maximum Gasteiger partial charge on any atom is 0.126 e. The Hall–Kier alpha value is -0.610. The zero-order chi connectivity index (χ0) is 12.1. The Balaban J connectivity index is 2.66. The minimum atomic E-state index is 0.0769. The van der Waals surface area contributed by atoms with Crippen molar-refractivity contribution in [2.24, 2.45) is 5.92 Å². The molecule has 0 bridgehead atoms. The van der Waals surface area contributed by atoms with Crippen molar-refractivity contribution in [1.82, 2.24) is 4.98 Å². The maximum absolute atomic E-state index is 9.26. The molecule has 1 aromatic rings. The van der Waals surface area contributed by atoms with Crippen molar-refractivity contribution >= 4 is 21.7 Å². The zero-order valence-electron chi connectivity index (χ0n) is 10.00. The molecule has 0 saturated heterocycles. The number of nitrogens with zero attached hydrogens (tertiary/aromatic N) is 1. The summed E-state index contributed by atoms with van der Waals surface area (Å²) in [5.74, 6) is 1.38. The molecule has 0 aliphatic carbocycles. The highest BCUT2D eigenvalue weighted by molar-refractivity contribution is 9.10. The van der Waals surface area contributed by atoms with Crippen LogP contribution in [0.3, 0.4) is 0 Å². The molecule has 2 N–H and O–H groups in total. The monoisotopic (exact) mass is 286 g/mol. The molecular formula is C12H19BrN2O. The molecule has 0 aliphatic rings. The van der Waals surface area contributed by atoms with Crippen LogP contribution in [0, 0.1) is 12.8 Å². The lowest BCUT2D eigenvalue weighted by atomic mass is 10.0. The Morgan fingerprint density at radius 1 is 1.50 bits per heavy atom. The van der Waals surface area contributed by atoms with E-state index in [0.29, 0.717) is 5.92 Å². The largest absolute Gasteiger partial charge is 0.394 e. The summed E-state index contributed by atoms with van der Waals surface area (Å²) in [6, 6.07) is 2.06. The lowest BCUT2D eigenvalue weighted by molar-refractivity contribution is 0.259. The van der Waals surface area contributed by atoms with Gasteiger partial charge in [-0.25, -0.2) is 4.98 Å². The highest BCUT2D eigenvalue weighted by atomic mass is 79.9. The van der Waals surface area contributed by atoms with E-state index in [1.54, 1.807) is 6.20 Å². The Labute approximate surface area is 105 Å². The van der Waals surface area contributed by atoms with Gasteiger partial charge < -0.3 is 10.4 Å². The number of aromatic nitrogens is 1. The Kier molecular flexibility index (Phi) is 5.22. The van der Waals surface area contributed by atoms with Crippen molar-refractivity contribution in [3.63, 3.8) is 0 Å². The van der Waals surface area contributed by atoms with E-state index in [2.05, 4.69) is 40.1 Å². The molecular weight excluding hydrogens is 268 g/mol. The van der Waals surface area contributed by atoms with Gasteiger partial charge >= 0.3 is 0 Å². The maximum atomic E-state index is 9.26. The second kappa shape index (κ2) is 6.21. The molecule has 0 fully saturated rings. The molecule has 1 aromatic heterocycles. The van der Waals surface area contributed by atoms with Crippen LogP contribution in [0.15, 0.2) is 16.7 Å². The average molecular weight is 287 g/mol. The number of aliphatic hydroxyl groups is 1. The second-order valence-corrected chi connectivity index (χ2v) is 5.33. The van der Waals surface area contributed by atoms with Crippen molar-refractivity contribution in [1.29, 1.82) is 0 Å². The van der Waals surface area contributed by atoms with Gasteiger partial charge in [0.2, 0.25) is 0 Å². The number of anilines is 1. The fourth-order valence-electron chi connectivity index (χ4n) is 1.58. The van der Waals surface area contributed by atoms with Gasteiger partial charge in [0, 0.05) is 10.7 Å². The number of aliphatic hydroxyl groups excluding tert-OH is 1. The van der Waals surface area contributed by atoms with Crippen LogP contribution in [-0.2, 0) is 0 Å². The number of hydrogen-bond acceptors (Lipinski definition) is 3. The van der Waals surface area contributed by atoms with E-state index in [0.717, 1.165) is 22.3 Å². The highest BCUT2D eigenvalue weighted by Gasteiger charge is 2.10. The first kappa shape index (κ1) is 13.5. The van der Waals surface area contributed by atoms with E-state index in [-0.39, 0.29) is 12.6 Å². The third-order valence-electron chi connectivity index (χ3n) is 2.38. The Morgan fingerprint density at radius 3 is 2.69 bits per heavy atom. The summed E-state index contributed by atoms with van der Waals surface area (Å²) >= 11 is 3.41. The first-order valence-corrected chi connectivity index (χ1v) is 6.31. The summed E-state index contributed by atoms with van der Waals surface area (Å²) in [6.07, 6.45) is 2.72. The number of nitrogens with one attached hydrogen (secondary N) is 1. The zero-order valence-corrected chi connectivity index (χ0v) is 11.6. The number of halogens is 1. The van der Waals surface area contributed by atoms with E-state index in [1.807, 2.05) is 13.0 Å². The van der Waals surface area contributed by atoms with E-state index < -0.39 is 0 Å². The van der Waals surface area contributed by atoms with Crippen molar-refractivity contribution in [3.8, 4) is 0 Å². The van der Waals surface area contributed by atoms with Crippen LogP contribution in [0.4, 0.5) is 5.82 Å². The fraction of sp³-hybridized carbons (Fsp3) is 0.583. The van der Waals surface area contributed by atoms with Crippen molar-refractivity contribution in [2.75, 3.05) is 11.9 Å². The summed E-state index contributed by atoms with van der Waals surface area (Å²) < 4.78 is 1.00. The van der Waals surface area contributed by atoms with Crippen LogP contribution in [-0.4, -0.2) is 22.7 Å². The van der Waals surface area contributed by atoms with Gasteiger partial charge in [0.05, 0.1) is 12.6 Å². The molecule has 0 radical (unpaired) electrons. The fourth-order valence-corrected chi connectivity index (χ4v) is 1.79. The highest BCUT2D eigenvalue weighted by Crippen LogP contribution is 2.18. The van der Waals surface area contributed by atoms with Crippen LogP contribution in [0.25, 0.3) is 0 Å². The van der Waals surface area contributed by atoms with Gasteiger partial charge in [-0.2, -0.15) is 0 Å². The van der Waals surface area contributed by atoms with Gasteiger partial charge in [0.15, 0.2) is 0 Å². The van der Waals surface area contributed by atoms with Crippen LogP contribution in [0.5, 0.6) is 0 Å². The van der Waals surface area contributed by atoms with Crippen LogP contribution in [0.2, 0.25) is 0 Å². The summed E-state index contributed by atoms with van der Waals surface area (Å²) in [7, 11) is 0. The van der Waals surface area contributed by atoms with E-state index in [4.69, 9.17) is 0 Å². The quantitative estimate of drug-likeness (QED) is 0.875. The topological polar surface area (TPSA) is 45.1 Å². The van der Waals surface area contributed by atoms with Crippen molar-refractivity contribution in [3.05, 3.63) is 22.3 Å². The van der Waals surface area contributed by atoms with Crippen molar-refractivity contribution < 1.29 is 5.11 Å². The van der Waals surface area contributed by atoms with Crippen LogP contribution in [0.1, 0.15) is 25.8 Å². The average Bonchev–Trinajstić information content (AvgIpc) is 2.22. The Bertz CT molecular complexity index is 342. The molecule has 1 atom stereocenters. The molecule has 1 rings (SSSR count). The van der Waals surface area contributed by atoms with Crippen LogP contribution < -0.4 is 5.32 Å². The number of hydrogen-bond donors (Lipinski definition) is 2. The summed E-state index contributed by atoms with van der Waals surface area (Å²) in [5.41, 5.74) is 1.14. The third kappa shape index (κ3) is 4.10. The molecule has 0 amide bonds. The van der Waals surface area contributed by atoms with Crippen molar-refractivity contribution in [2.45, 2.75) is 33.2 Å². The molecule has 3 nitrogen and oxygen atoms in total. The molecule has 0 aliphatic heterocycles. The van der Waals surface area contributed by atoms with Gasteiger partial charge in [-0.15, -0.1) is 0 Å². The van der Waals surface area contributed by atoms with Gasteiger partial charge in [-0.1, -0.05) is 13.8 Å². The number of rotatable bonds is 5. The van der Waals surface area contributed by atoms with E-state index in [1.165, 1.54) is 0 Å². The minimum Gasteiger partial charge on any atom is -0.394 e. The second-order valence-electron chi connectivity index (χ2n) is 4.47. The lowest BCUT2D eigenvalue weighted by Gasteiger charge is -2.19. The lowest BCUT2D eigenvalue weighted by Crippen LogP contribution is -2.26. The predicted octanol–water partition coefficient (Wildman–Crippen LogP) is 2.97. The Morgan fingerprint density at radius 2 is 2.19 bits per heavy atom. The molecule has 0 spiro atoms. The van der Waals surface area contributed by atoms with Crippen LogP contribution >= 0.6 is 15.9 Å². The first-order chi connectivity index (χ1) is 7.52. The molecule has 1 heterocycles. The summed E-state index contributed by atoms with van der Waals surface area (Å²) in [6.45, 7) is 6.44. The smallest absolute Gasteiger partial charge is 0.126 e. The first-order valence-electron chi connectivity index (χ1n) is 5.52. The SMILES string of the molecule is Cc1cc(NC(CO)CC(C)C)ncc1Br. The molecule has 16 heavy (non-hydrogen) atoms. The van der Waals surface area contributed by atoms with Gasteiger partial charge in [0.25, 0.3) is 0 Å².